The van der Waals surface area contributed by atoms with Gasteiger partial charge >= 0.3 is 5.97 Å². The molecule has 0 saturated heterocycles. The van der Waals surface area contributed by atoms with Gasteiger partial charge < -0.3 is 10.8 Å². The van der Waals surface area contributed by atoms with Gasteiger partial charge in [0.25, 0.3) is 0 Å². The molecule has 2 rings (SSSR count). The van der Waals surface area contributed by atoms with Crippen LogP contribution >= 0.6 is 0 Å². The van der Waals surface area contributed by atoms with Gasteiger partial charge in [0, 0.05) is 6.54 Å². The maximum atomic E-state index is 11.0. The molecule has 0 saturated carbocycles. The summed E-state index contributed by atoms with van der Waals surface area (Å²) in [6, 6.07) is 8.16. The van der Waals surface area contributed by atoms with E-state index in [0.717, 1.165) is 5.56 Å². The van der Waals surface area contributed by atoms with E-state index in [2.05, 4.69) is 36.3 Å². The Hall–Kier alpha value is -2.21. The van der Waals surface area contributed by atoms with E-state index >= 15 is 0 Å². The zero-order valence-corrected chi connectivity index (χ0v) is 11.6. The summed E-state index contributed by atoms with van der Waals surface area (Å²) in [4.78, 5) is 11.0. The number of rotatable bonds is 5. The van der Waals surface area contributed by atoms with Crippen LogP contribution in [-0.4, -0.2) is 26.1 Å². The van der Waals surface area contributed by atoms with Crippen LogP contribution in [0.5, 0.6) is 0 Å². The zero-order chi connectivity index (χ0) is 14.7. The number of nitrogens with two attached hydrogens (primary N) is 1. The van der Waals surface area contributed by atoms with E-state index in [9.17, 15) is 4.79 Å². The van der Waals surface area contributed by atoms with Gasteiger partial charge in [0.05, 0.1) is 12.2 Å². The highest BCUT2D eigenvalue weighted by Crippen LogP contribution is 2.16. The molecule has 2 aromatic rings. The minimum absolute atomic E-state index is 0.0775. The lowest BCUT2D eigenvalue weighted by Crippen LogP contribution is -2.13. The molecule has 0 atom stereocenters. The summed E-state index contributed by atoms with van der Waals surface area (Å²) in [5, 5.41) is 16.5. The van der Waals surface area contributed by atoms with Crippen molar-refractivity contribution >= 4 is 5.97 Å². The largest absolute Gasteiger partial charge is 0.476 e. The van der Waals surface area contributed by atoms with Crippen LogP contribution in [0.15, 0.2) is 24.3 Å². The second kappa shape index (κ2) is 5.83. The maximum Gasteiger partial charge on any atom is 0.358 e. The van der Waals surface area contributed by atoms with Crippen molar-refractivity contribution in [3.8, 4) is 0 Å². The van der Waals surface area contributed by atoms with E-state index in [4.69, 9.17) is 10.8 Å². The molecule has 1 heterocycles. The normalized spacial score (nSPS) is 11.0. The maximum absolute atomic E-state index is 11.0. The topological polar surface area (TPSA) is 94.0 Å². The average Bonchev–Trinajstić information content (AvgIpc) is 2.82. The number of carboxylic acid groups (broad SMARTS) is 1. The number of carboxylic acids is 1. The van der Waals surface area contributed by atoms with Crippen molar-refractivity contribution in [3.63, 3.8) is 0 Å². The van der Waals surface area contributed by atoms with E-state index in [1.165, 1.54) is 10.2 Å². The molecule has 20 heavy (non-hydrogen) atoms. The quantitative estimate of drug-likeness (QED) is 0.863. The Kier molecular flexibility index (Phi) is 4.14. The molecule has 0 bridgehead atoms. The summed E-state index contributed by atoms with van der Waals surface area (Å²) in [6.45, 7) is 4.83. The van der Waals surface area contributed by atoms with Gasteiger partial charge in [-0.15, -0.1) is 5.10 Å². The third kappa shape index (κ3) is 2.85. The van der Waals surface area contributed by atoms with E-state index in [-0.39, 0.29) is 12.2 Å². The molecular weight excluding hydrogens is 256 g/mol. The fourth-order valence-electron chi connectivity index (χ4n) is 2.01. The first-order valence-electron chi connectivity index (χ1n) is 6.47. The van der Waals surface area contributed by atoms with E-state index < -0.39 is 5.97 Å². The molecule has 0 aliphatic carbocycles. The Balaban J connectivity index is 2.23. The average molecular weight is 274 g/mol. The first kappa shape index (κ1) is 14.2. The van der Waals surface area contributed by atoms with Crippen molar-refractivity contribution < 1.29 is 9.90 Å². The number of nitrogens with zero attached hydrogens (tertiary/aromatic N) is 3. The fourth-order valence-corrected chi connectivity index (χ4v) is 2.01. The first-order chi connectivity index (χ1) is 9.52. The predicted octanol–water partition coefficient (Wildman–Crippen LogP) is 1.61. The Morgan fingerprint density at radius 2 is 2.00 bits per heavy atom. The number of aromatic nitrogens is 3. The Labute approximate surface area is 117 Å². The molecule has 0 aliphatic rings. The SMILES string of the molecule is CC(C)c1ccc(Cn2nnc(C(=O)O)c2CN)cc1. The monoisotopic (exact) mass is 274 g/mol. The van der Waals surface area contributed by atoms with Crippen molar-refractivity contribution in [1.29, 1.82) is 0 Å². The Morgan fingerprint density at radius 3 is 2.50 bits per heavy atom. The number of benzene rings is 1. The summed E-state index contributed by atoms with van der Waals surface area (Å²) in [5.41, 5.74) is 8.24. The second-order valence-corrected chi connectivity index (χ2v) is 4.95. The number of aromatic carboxylic acids is 1. The summed E-state index contributed by atoms with van der Waals surface area (Å²) < 4.78 is 1.54. The Bertz CT molecular complexity index is 602. The van der Waals surface area contributed by atoms with E-state index in [1.54, 1.807) is 0 Å². The minimum Gasteiger partial charge on any atom is -0.476 e. The van der Waals surface area contributed by atoms with Crippen molar-refractivity contribution in [3.05, 3.63) is 46.8 Å². The molecule has 6 heteroatoms. The fraction of sp³-hybridized carbons (Fsp3) is 0.357. The van der Waals surface area contributed by atoms with Crippen LogP contribution in [0, 0.1) is 0 Å². The van der Waals surface area contributed by atoms with Crippen molar-refractivity contribution in [2.45, 2.75) is 32.9 Å². The van der Waals surface area contributed by atoms with Crippen molar-refractivity contribution in [2.75, 3.05) is 0 Å². The van der Waals surface area contributed by atoms with Crippen LogP contribution in [0.1, 0.15) is 47.1 Å². The van der Waals surface area contributed by atoms with Crippen LogP contribution in [0.4, 0.5) is 0 Å². The lowest BCUT2D eigenvalue weighted by molar-refractivity contribution is 0.0689. The van der Waals surface area contributed by atoms with Gasteiger partial charge in [0.1, 0.15) is 0 Å². The molecule has 6 nitrogen and oxygen atoms in total. The van der Waals surface area contributed by atoms with Crippen LogP contribution in [0.2, 0.25) is 0 Å². The molecule has 106 valence electrons. The van der Waals surface area contributed by atoms with Gasteiger partial charge in [0.2, 0.25) is 0 Å². The molecule has 0 spiro atoms. The van der Waals surface area contributed by atoms with Crippen molar-refractivity contribution in [1.82, 2.24) is 15.0 Å². The highest BCUT2D eigenvalue weighted by Gasteiger charge is 2.17. The molecule has 0 amide bonds. The van der Waals surface area contributed by atoms with Gasteiger partial charge in [-0.2, -0.15) is 0 Å². The van der Waals surface area contributed by atoms with Gasteiger partial charge in [-0.1, -0.05) is 43.3 Å². The molecule has 0 fully saturated rings. The van der Waals surface area contributed by atoms with Gasteiger partial charge in [-0.25, -0.2) is 9.48 Å². The molecule has 1 aromatic carbocycles. The zero-order valence-electron chi connectivity index (χ0n) is 11.6. The summed E-state index contributed by atoms with van der Waals surface area (Å²) >= 11 is 0. The number of hydrogen-bond acceptors (Lipinski definition) is 4. The number of carbonyl (C=O) groups is 1. The Morgan fingerprint density at radius 1 is 1.35 bits per heavy atom. The third-order valence-corrected chi connectivity index (χ3v) is 3.21. The summed E-state index contributed by atoms with van der Waals surface area (Å²) in [7, 11) is 0. The van der Waals surface area contributed by atoms with Crippen LogP contribution in [0.25, 0.3) is 0 Å². The van der Waals surface area contributed by atoms with Crippen LogP contribution in [-0.2, 0) is 13.1 Å². The summed E-state index contributed by atoms with van der Waals surface area (Å²) in [6.07, 6.45) is 0. The minimum atomic E-state index is -1.10. The van der Waals surface area contributed by atoms with Gasteiger partial charge in [-0.3, -0.25) is 0 Å². The van der Waals surface area contributed by atoms with Crippen molar-refractivity contribution in [2.24, 2.45) is 5.73 Å². The van der Waals surface area contributed by atoms with E-state index in [1.807, 2.05) is 12.1 Å². The molecular formula is C14H18N4O2. The highest BCUT2D eigenvalue weighted by molar-refractivity contribution is 5.86. The van der Waals surface area contributed by atoms with Gasteiger partial charge in [0.15, 0.2) is 5.69 Å². The third-order valence-electron chi connectivity index (χ3n) is 3.21. The lowest BCUT2D eigenvalue weighted by atomic mass is 10.0. The number of hydrogen-bond donors (Lipinski definition) is 2. The standard InChI is InChI=1S/C14H18N4O2/c1-9(2)11-5-3-10(4-6-11)8-18-12(7-15)13(14(19)20)16-17-18/h3-6,9H,7-8,15H2,1-2H3,(H,19,20). The smallest absolute Gasteiger partial charge is 0.358 e. The molecule has 3 N–H and O–H groups in total. The predicted molar refractivity (Wildman–Crippen MR) is 74.5 cm³/mol. The van der Waals surface area contributed by atoms with Crippen LogP contribution < -0.4 is 5.73 Å². The second-order valence-electron chi connectivity index (χ2n) is 4.95. The van der Waals surface area contributed by atoms with Crippen LogP contribution in [0.3, 0.4) is 0 Å². The van der Waals surface area contributed by atoms with E-state index in [0.29, 0.717) is 18.2 Å². The summed E-state index contributed by atoms with van der Waals surface area (Å²) in [5.74, 6) is -0.625. The highest BCUT2D eigenvalue weighted by atomic mass is 16.4. The molecule has 0 aliphatic heterocycles. The molecule has 0 radical (unpaired) electrons. The first-order valence-corrected chi connectivity index (χ1v) is 6.47. The van der Waals surface area contributed by atoms with Gasteiger partial charge in [-0.05, 0) is 17.0 Å². The molecule has 0 unspecified atom stereocenters. The molecule has 1 aromatic heterocycles. The lowest BCUT2D eigenvalue weighted by Gasteiger charge is -2.08.